The van der Waals surface area contributed by atoms with Crippen molar-refractivity contribution >= 4 is 28.8 Å². The Balaban J connectivity index is 2.00. The molecule has 22 heavy (non-hydrogen) atoms. The Morgan fingerprint density at radius 3 is 2.59 bits per heavy atom. The lowest BCUT2D eigenvalue weighted by Crippen LogP contribution is -2.32. The number of aliphatic hydroxyl groups is 1. The number of aliphatic hydroxyl groups excluding tert-OH is 1. The summed E-state index contributed by atoms with van der Waals surface area (Å²) in [6, 6.07) is 13.5. The summed E-state index contributed by atoms with van der Waals surface area (Å²) in [5.41, 5.74) is 1.05. The van der Waals surface area contributed by atoms with E-state index >= 15 is 0 Å². The van der Waals surface area contributed by atoms with Crippen molar-refractivity contribution in [2.45, 2.75) is 25.3 Å². The quantitative estimate of drug-likeness (QED) is 0.832. The molecule has 1 atom stereocenters. The summed E-state index contributed by atoms with van der Waals surface area (Å²) >= 11 is 7.42. The average Bonchev–Trinajstić information content (AvgIpc) is 2.96. The van der Waals surface area contributed by atoms with E-state index in [1.54, 1.807) is 11.9 Å². The second kappa shape index (κ2) is 8.32. The standard InChI is InChI=1S/C17H20ClNO2S/c1-19(15(11-12-20)13-5-3-2-4-6-13)17(21)10-8-14-7-9-16(18)22-14/h2-7,9,15,20H,8,10-12H2,1H3. The summed E-state index contributed by atoms with van der Waals surface area (Å²) in [6.07, 6.45) is 1.68. The van der Waals surface area contributed by atoms with Crippen LogP contribution in [0.25, 0.3) is 0 Å². The average molecular weight is 338 g/mol. The Hall–Kier alpha value is -1.36. The number of amides is 1. The van der Waals surface area contributed by atoms with Gasteiger partial charge in [0.05, 0.1) is 10.4 Å². The van der Waals surface area contributed by atoms with Gasteiger partial charge >= 0.3 is 0 Å². The molecule has 1 aromatic heterocycles. The van der Waals surface area contributed by atoms with Gasteiger partial charge in [0.15, 0.2) is 0 Å². The highest BCUT2D eigenvalue weighted by atomic mass is 35.5. The zero-order valence-corrected chi connectivity index (χ0v) is 14.1. The fraction of sp³-hybridized carbons (Fsp3) is 0.353. The van der Waals surface area contributed by atoms with Crippen molar-refractivity contribution in [1.82, 2.24) is 4.90 Å². The molecule has 0 aliphatic rings. The predicted molar refractivity (Wildman–Crippen MR) is 91.3 cm³/mol. The summed E-state index contributed by atoms with van der Waals surface area (Å²) in [5.74, 6) is 0.0758. The predicted octanol–water partition coefficient (Wildman–Crippen LogP) is 3.92. The Labute approximate surface area is 140 Å². The molecule has 118 valence electrons. The van der Waals surface area contributed by atoms with Gasteiger partial charge in [0, 0.05) is 25.0 Å². The van der Waals surface area contributed by atoms with Crippen LogP contribution in [0.3, 0.4) is 0 Å². The number of nitrogens with zero attached hydrogens (tertiary/aromatic N) is 1. The molecule has 0 fully saturated rings. The molecule has 1 amide bonds. The molecule has 0 bridgehead atoms. The minimum absolute atomic E-state index is 0.0533. The second-order valence-electron chi connectivity index (χ2n) is 5.15. The van der Waals surface area contributed by atoms with E-state index in [0.717, 1.165) is 14.8 Å². The third-order valence-electron chi connectivity index (χ3n) is 3.66. The van der Waals surface area contributed by atoms with Gasteiger partial charge in [0.1, 0.15) is 0 Å². The summed E-state index contributed by atoms with van der Waals surface area (Å²) in [5, 5.41) is 9.29. The van der Waals surface area contributed by atoms with Crippen LogP contribution in [0.2, 0.25) is 4.34 Å². The fourth-order valence-electron chi connectivity index (χ4n) is 2.45. The van der Waals surface area contributed by atoms with Gasteiger partial charge in [-0.3, -0.25) is 4.79 Å². The number of halogens is 1. The summed E-state index contributed by atoms with van der Waals surface area (Å²) < 4.78 is 0.748. The van der Waals surface area contributed by atoms with Crippen molar-refractivity contribution in [2.75, 3.05) is 13.7 Å². The molecule has 3 nitrogen and oxygen atoms in total. The van der Waals surface area contributed by atoms with Crippen LogP contribution >= 0.6 is 22.9 Å². The van der Waals surface area contributed by atoms with Crippen LogP contribution in [0.1, 0.15) is 29.3 Å². The first-order valence-electron chi connectivity index (χ1n) is 7.27. The van der Waals surface area contributed by atoms with Crippen molar-refractivity contribution in [3.63, 3.8) is 0 Å². The van der Waals surface area contributed by atoms with Crippen LogP contribution in [-0.4, -0.2) is 29.6 Å². The van der Waals surface area contributed by atoms with Crippen LogP contribution in [-0.2, 0) is 11.2 Å². The molecule has 0 spiro atoms. The normalized spacial score (nSPS) is 12.1. The topological polar surface area (TPSA) is 40.5 Å². The van der Waals surface area contributed by atoms with Crippen molar-refractivity contribution in [3.05, 3.63) is 57.2 Å². The van der Waals surface area contributed by atoms with Crippen LogP contribution in [0.15, 0.2) is 42.5 Å². The zero-order valence-electron chi connectivity index (χ0n) is 12.5. The smallest absolute Gasteiger partial charge is 0.223 e. The number of thiophene rings is 1. The number of carbonyl (C=O) groups excluding carboxylic acids is 1. The molecule has 1 heterocycles. The number of rotatable bonds is 7. The number of hydrogen-bond donors (Lipinski definition) is 1. The third kappa shape index (κ3) is 4.57. The molecule has 1 aromatic carbocycles. The molecule has 0 saturated carbocycles. The first kappa shape index (κ1) is 17.0. The Morgan fingerprint density at radius 1 is 1.27 bits per heavy atom. The molecule has 0 aliphatic carbocycles. The lowest BCUT2D eigenvalue weighted by Gasteiger charge is -2.28. The van der Waals surface area contributed by atoms with E-state index in [4.69, 9.17) is 11.6 Å². The van der Waals surface area contributed by atoms with Gasteiger partial charge in [0.25, 0.3) is 0 Å². The summed E-state index contributed by atoms with van der Waals surface area (Å²) in [7, 11) is 1.80. The number of aryl methyl sites for hydroxylation is 1. The van der Waals surface area contributed by atoms with Crippen molar-refractivity contribution < 1.29 is 9.90 Å². The number of carbonyl (C=O) groups is 1. The third-order valence-corrected chi connectivity index (χ3v) is 4.95. The Morgan fingerprint density at radius 2 is 2.00 bits per heavy atom. The van der Waals surface area contributed by atoms with E-state index in [0.29, 0.717) is 19.3 Å². The van der Waals surface area contributed by atoms with Gasteiger partial charge in [-0.2, -0.15) is 0 Å². The zero-order chi connectivity index (χ0) is 15.9. The summed E-state index contributed by atoms with van der Waals surface area (Å²) in [4.78, 5) is 15.3. The van der Waals surface area contributed by atoms with Gasteiger partial charge in [-0.05, 0) is 30.5 Å². The molecule has 0 aliphatic heterocycles. The van der Waals surface area contributed by atoms with Crippen LogP contribution in [0.4, 0.5) is 0 Å². The molecule has 2 aromatic rings. The number of benzene rings is 1. The highest BCUT2D eigenvalue weighted by Crippen LogP contribution is 2.25. The maximum atomic E-state index is 12.4. The monoisotopic (exact) mass is 337 g/mol. The Kier molecular flexibility index (Phi) is 6.43. The van der Waals surface area contributed by atoms with Gasteiger partial charge in [-0.15, -0.1) is 11.3 Å². The molecule has 0 saturated heterocycles. The SMILES string of the molecule is CN(C(=O)CCc1ccc(Cl)s1)C(CCO)c1ccccc1. The second-order valence-corrected chi connectivity index (χ2v) is 6.95. The first-order valence-corrected chi connectivity index (χ1v) is 8.47. The highest BCUT2D eigenvalue weighted by molar-refractivity contribution is 7.16. The van der Waals surface area contributed by atoms with Gasteiger partial charge < -0.3 is 10.0 Å². The fourth-order valence-corrected chi connectivity index (χ4v) is 3.53. The van der Waals surface area contributed by atoms with Crippen molar-refractivity contribution in [3.8, 4) is 0 Å². The van der Waals surface area contributed by atoms with E-state index in [2.05, 4.69) is 0 Å². The largest absolute Gasteiger partial charge is 0.396 e. The minimum Gasteiger partial charge on any atom is -0.396 e. The van der Waals surface area contributed by atoms with Crippen LogP contribution < -0.4 is 0 Å². The molecular weight excluding hydrogens is 318 g/mol. The maximum Gasteiger partial charge on any atom is 0.223 e. The van der Waals surface area contributed by atoms with Crippen molar-refractivity contribution in [2.24, 2.45) is 0 Å². The lowest BCUT2D eigenvalue weighted by atomic mass is 10.0. The molecule has 2 rings (SSSR count). The molecular formula is C17H20ClNO2S. The van der Waals surface area contributed by atoms with E-state index in [9.17, 15) is 9.90 Å². The van der Waals surface area contributed by atoms with E-state index < -0.39 is 0 Å². The Bertz CT molecular complexity index is 600. The maximum absolute atomic E-state index is 12.4. The van der Waals surface area contributed by atoms with Gasteiger partial charge in [-0.25, -0.2) is 0 Å². The molecule has 1 unspecified atom stereocenters. The van der Waals surface area contributed by atoms with Gasteiger partial charge in [0.2, 0.25) is 5.91 Å². The first-order chi connectivity index (χ1) is 10.6. The highest BCUT2D eigenvalue weighted by Gasteiger charge is 2.21. The van der Waals surface area contributed by atoms with E-state index in [1.807, 2.05) is 42.5 Å². The lowest BCUT2D eigenvalue weighted by molar-refractivity contribution is -0.132. The number of hydrogen-bond acceptors (Lipinski definition) is 3. The molecule has 5 heteroatoms. The molecule has 1 N–H and O–H groups in total. The van der Waals surface area contributed by atoms with Gasteiger partial charge in [-0.1, -0.05) is 41.9 Å². The van der Waals surface area contributed by atoms with Crippen molar-refractivity contribution in [1.29, 1.82) is 0 Å². The minimum atomic E-state index is -0.0920. The summed E-state index contributed by atoms with van der Waals surface area (Å²) in [6.45, 7) is 0.0533. The van der Waals surface area contributed by atoms with E-state index in [-0.39, 0.29) is 18.6 Å². The van der Waals surface area contributed by atoms with Crippen LogP contribution in [0, 0.1) is 0 Å². The van der Waals surface area contributed by atoms with E-state index in [1.165, 1.54) is 11.3 Å². The molecule has 0 radical (unpaired) electrons. The van der Waals surface area contributed by atoms with Crippen LogP contribution in [0.5, 0.6) is 0 Å².